The number of hydrogen-bond donors (Lipinski definition) is 2. The fraction of sp³-hybridized carbons (Fsp3) is 0.100. The van der Waals surface area contributed by atoms with Crippen LogP contribution in [0.25, 0.3) is 10.9 Å². The Morgan fingerprint density at radius 1 is 1.50 bits per heavy atom. The molecule has 0 bridgehead atoms. The monoisotopic (exact) mass is 253 g/mol. The van der Waals surface area contributed by atoms with Gasteiger partial charge in [0.05, 0.1) is 5.52 Å². The predicted octanol–water partition coefficient (Wildman–Crippen LogP) is 2.94. The number of carboxylic acids is 1. The Kier molecular flexibility index (Phi) is 2.07. The van der Waals surface area contributed by atoms with Crippen molar-refractivity contribution in [2.75, 3.05) is 0 Å². The summed E-state index contributed by atoms with van der Waals surface area (Å²) < 4.78 is 0.976. The summed E-state index contributed by atoms with van der Waals surface area (Å²) >= 11 is 3.40. The van der Waals surface area contributed by atoms with Gasteiger partial charge in [-0.2, -0.15) is 0 Å². The second-order valence-corrected chi connectivity index (χ2v) is 3.98. The molecule has 72 valence electrons. The van der Waals surface area contributed by atoms with Crippen LogP contribution in [0, 0.1) is 6.92 Å². The van der Waals surface area contributed by atoms with E-state index in [4.69, 9.17) is 5.11 Å². The summed E-state index contributed by atoms with van der Waals surface area (Å²) in [7, 11) is 0. The molecule has 14 heavy (non-hydrogen) atoms. The Labute approximate surface area is 88.9 Å². The number of hydrogen-bond acceptors (Lipinski definition) is 1. The van der Waals surface area contributed by atoms with Crippen molar-refractivity contribution in [3.05, 3.63) is 33.9 Å². The van der Waals surface area contributed by atoms with E-state index >= 15 is 0 Å². The number of halogens is 1. The van der Waals surface area contributed by atoms with Crippen molar-refractivity contribution < 1.29 is 9.90 Å². The van der Waals surface area contributed by atoms with Gasteiger partial charge in [-0.1, -0.05) is 22.0 Å². The van der Waals surface area contributed by atoms with Crippen LogP contribution >= 0.6 is 15.9 Å². The zero-order chi connectivity index (χ0) is 10.3. The Balaban J connectivity index is 2.77. The summed E-state index contributed by atoms with van der Waals surface area (Å²) in [6.45, 7) is 1.94. The second kappa shape index (κ2) is 3.13. The minimum atomic E-state index is -0.934. The van der Waals surface area contributed by atoms with Gasteiger partial charge in [0.1, 0.15) is 5.69 Å². The smallest absolute Gasteiger partial charge is 0.352 e. The van der Waals surface area contributed by atoms with E-state index in [0.717, 1.165) is 20.9 Å². The fourth-order valence-corrected chi connectivity index (χ4v) is 1.77. The highest BCUT2D eigenvalue weighted by Crippen LogP contribution is 2.25. The molecule has 1 aromatic heterocycles. The van der Waals surface area contributed by atoms with E-state index in [9.17, 15) is 4.79 Å². The third kappa shape index (κ3) is 1.32. The van der Waals surface area contributed by atoms with Crippen molar-refractivity contribution >= 4 is 32.8 Å². The molecule has 1 aromatic carbocycles. The van der Waals surface area contributed by atoms with Gasteiger partial charge < -0.3 is 10.1 Å². The first-order valence-electron chi connectivity index (χ1n) is 4.10. The average Bonchev–Trinajstić information content (AvgIpc) is 2.56. The van der Waals surface area contributed by atoms with Crippen molar-refractivity contribution in [3.63, 3.8) is 0 Å². The maximum absolute atomic E-state index is 10.7. The van der Waals surface area contributed by atoms with Crippen molar-refractivity contribution in [1.29, 1.82) is 0 Å². The number of carbonyl (C=O) groups is 1. The molecule has 2 N–H and O–H groups in total. The van der Waals surface area contributed by atoms with E-state index in [1.807, 2.05) is 19.1 Å². The zero-order valence-corrected chi connectivity index (χ0v) is 9.05. The lowest BCUT2D eigenvalue weighted by Crippen LogP contribution is -1.95. The van der Waals surface area contributed by atoms with Crippen LogP contribution in [0.5, 0.6) is 0 Å². The van der Waals surface area contributed by atoms with Gasteiger partial charge in [-0.25, -0.2) is 4.79 Å². The normalized spacial score (nSPS) is 10.7. The highest BCUT2D eigenvalue weighted by molar-refractivity contribution is 9.10. The van der Waals surface area contributed by atoms with Crippen LogP contribution < -0.4 is 0 Å². The van der Waals surface area contributed by atoms with Crippen LogP contribution in [-0.2, 0) is 0 Å². The largest absolute Gasteiger partial charge is 0.477 e. The maximum atomic E-state index is 10.7. The molecule has 2 rings (SSSR count). The van der Waals surface area contributed by atoms with E-state index in [-0.39, 0.29) is 5.69 Å². The lowest BCUT2D eigenvalue weighted by Gasteiger charge is -1.98. The number of rotatable bonds is 1. The minimum absolute atomic E-state index is 0.223. The quantitative estimate of drug-likeness (QED) is 0.821. The number of fused-ring (bicyclic) bond motifs is 1. The first-order valence-corrected chi connectivity index (χ1v) is 4.90. The Morgan fingerprint density at radius 2 is 2.21 bits per heavy atom. The van der Waals surface area contributed by atoms with Gasteiger partial charge in [0.15, 0.2) is 0 Å². The van der Waals surface area contributed by atoms with E-state index < -0.39 is 5.97 Å². The summed E-state index contributed by atoms with van der Waals surface area (Å²) in [6.07, 6.45) is 0. The van der Waals surface area contributed by atoms with Crippen molar-refractivity contribution in [3.8, 4) is 0 Å². The molecule has 0 saturated heterocycles. The molecular weight excluding hydrogens is 246 g/mol. The average molecular weight is 254 g/mol. The van der Waals surface area contributed by atoms with E-state index in [1.54, 1.807) is 6.07 Å². The third-order valence-corrected chi connectivity index (χ3v) is 3.08. The molecule has 2 aromatic rings. The van der Waals surface area contributed by atoms with Gasteiger partial charge in [-0.15, -0.1) is 0 Å². The second-order valence-electron chi connectivity index (χ2n) is 3.12. The minimum Gasteiger partial charge on any atom is -0.477 e. The summed E-state index contributed by atoms with van der Waals surface area (Å²) in [4.78, 5) is 13.6. The Morgan fingerprint density at radius 3 is 2.86 bits per heavy atom. The van der Waals surface area contributed by atoms with Gasteiger partial charge in [-0.3, -0.25) is 0 Å². The van der Waals surface area contributed by atoms with Crippen molar-refractivity contribution in [2.45, 2.75) is 6.92 Å². The number of carboxylic acid groups (broad SMARTS) is 1. The first kappa shape index (κ1) is 9.27. The molecule has 4 heteroatoms. The zero-order valence-electron chi connectivity index (χ0n) is 7.47. The maximum Gasteiger partial charge on any atom is 0.352 e. The van der Waals surface area contributed by atoms with Crippen LogP contribution in [-0.4, -0.2) is 16.1 Å². The van der Waals surface area contributed by atoms with Gasteiger partial charge >= 0.3 is 5.97 Å². The van der Waals surface area contributed by atoms with Gasteiger partial charge in [0.25, 0.3) is 0 Å². The molecule has 0 fully saturated rings. The Bertz CT molecular complexity index is 516. The SMILES string of the molecule is Cc1c(Br)ccc2cc(C(=O)O)[nH]c12. The van der Waals surface area contributed by atoms with Crippen LogP contribution in [0.1, 0.15) is 16.1 Å². The molecule has 0 spiro atoms. The highest BCUT2D eigenvalue weighted by atomic mass is 79.9. The summed E-state index contributed by atoms with van der Waals surface area (Å²) in [6, 6.07) is 5.43. The summed E-state index contributed by atoms with van der Waals surface area (Å²) in [5, 5.41) is 9.72. The van der Waals surface area contributed by atoms with Gasteiger partial charge in [-0.05, 0) is 24.6 Å². The van der Waals surface area contributed by atoms with Crippen LogP contribution in [0.4, 0.5) is 0 Å². The molecule has 0 radical (unpaired) electrons. The highest BCUT2D eigenvalue weighted by Gasteiger charge is 2.09. The topological polar surface area (TPSA) is 53.1 Å². The van der Waals surface area contributed by atoms with E-state index in [2.05, 4.69) is 20.9 Å². The standard InChI is InChI=1S/C10H8BrNO2/c1-5-7(11)3-2-6-4-8(10(13)14)12-9(5)6/h2-4,12H,1H3,(H,13,14). The molecule has 1 heterocycles. The molecule has 0 saturated carbocycles. The van der Waals surface area contributed by atoms with Crippen LogP contribution in [0.15, 0.2) is 22.7 Å². The summed E-state index contributed by atoms with van der Waals surface area (Å²) in [5.41, 5.74) is 2.12. The molecule has 3 nitrogen and oxygen atoms in total. The predicted molar refractivity (Wildman–Crippen MR) is 57.7 cm³/mol. The van der Waals surface area contributed by atoms with Crippen LogP contribution in [0.2, 0.25) is 0 Å². The Hall–Kier alpha value is -1.29. The van der Waals surface area contributed by atoms with E-state index in [1.165, 1.54) is 0 Å². The van der Waals surface area contributed by atoms with Crippen LogP contribution in [0.3, 0.4) is 0 Å². The number of nitrogens with one attached hydrogen (secondary N) is 1. The summed E-state index contributed by atoms with van der Waals surface area (Å²) in [5.74, 6) is -0.934. The number of aromatic amines is 1. The molecule has 0 aliphatic carbocycles. The fourth-order valence-electron chi connectivity index (χ4n) is 1.43. The molecular formula is C10H8BrNO2. The lowest BCUT2D eigenvalue weighted by atomic mass is 10.2. The van der Waals surface area contributed by atoms with Crippen molar-refractivity contribution in [2.24, 2.45) is 0 Å². The molecule has 0 aliphatic rings. The molecule has 0 unspecified atom stereocenters. The number of aromatic nitrogens is 1. The molecule has 0 aliphatic heterocycles. The number of H-pyrrole nitrogens is 1. The molecule has 0 atom stereocenters. The number of aryl methyl sites for hydroxylation is 1. The van der Waals surface area contributed by atoms with Crippen molar-refractivity contribution in [1.82, 2.24) is 4.98 Å². The third-order valence-electron chi connectivity index (χ3n) is 2.22. The number of benzene rings is 1. The first-order chi connectivity index (χ1) is 6.59. The van der Waals surface area contributed by atoms with Gasteiger partial charge in [0, 0.05) is 9.86 Å². The molecule has 0 amide bonds. The lowest BCUT2D eigenvalue weighted by molar-refractivity contribution is 0.0691. The number of aromatic carboxylic acids is 1. The van der Waals surface area contributed by atoms with E-state index in [0.29, 0.717) is 0 Å². The van der Waals surface area contributed by atoms with Gasteiger partial charge in [0.2, 0.25) is 0 Å².